The molecule has 0 unspecified atom stereocenters. The highest BCUT2D eigenvalue weighted by molar-refractivity contribution is 7.71. The molecule has 0 aliphatic carbocycles. The number of aromatic nitrogens is 2. The van der Waals surface area contributed by atoms with E-state index in [1.54, 1.807) is 18.2 Å². The first-order valence-electron chi connectivity index (χ1n) is 5.10. The van der Waals surface area contributed by atoms with Crippen molar-refractivity contribution in [2.45, 2.75) is 6.42 Å². The normalized spacial score (nSPS) is 10.0. The Labute approximate surface area is 107 Å². The molecule has 0 bridgehead atoms. The van der Waals surface area contributed by atoms with Gasteiger partial charge in [-0.1, -0.05) is 12.1 Å². The maximum Gasteiger partial charge on any atom is 0.251 e. The van der Waals surface area contributed by atoms with E-state index in [1.807, 2.05) is 0 Å². The molecular formula is C12H8FN3OS. The van der Waals surface area contributed by atoms with Gasteiger partial charge in [-0.15, -0.1) is 0 Å². The molecule has 1 aromatic carbocycles. The van der Waals surface area contributed by atoms with Gasteiger partial charge in [-0.2, -0.15) is 5.26 Å². The quantitative estimate of drug-likeness (QED) is 0.812. The lowest BCUT2D eigenvalue weighted by atomic mass is 10.1. The first-order chi connectivity index (χ1) is 8.60. The molecule has 6 heteroatoms. The standard InChI is InChI=1S/C12H8FN3OS/c13-11-7(2-1-3-8(11)6-14)4-9-5-10(17)16-12(18)15-9/h1-3,5H,4H2,(H2,15,16,17,18). The van der Waals surface area contributed by atoms with Gasteiger partial charge in [0.05, 0.1) is 5.56 Å². The van der Waals surface area contributed by atoms with E-state index in [0.29, 0.717) is 11.3 Å². The Bertz CT molecular complexity index is 714. The molecule has 0 aliphatic heterocycles. The zero-order chi connectivity index (χ0) is 13.1. The van der Waals surface area contributed by atoms with Crippen LogP contribution in [0.4, 0.5) is 4.39 Å². The molecule has 90 valence electrons. The Morgan fingerprint density at radius 2 is 2.17 bits per heavy atom. The van der Waals surface area contributed by atoms with E-state index in [0.717, 1.165) is 0 Å². The Hall–Kier alpha value is -2.26. The summed E-state index contributed by atoms with van der Waals surface area (Å²) in [6, 6.07) is 7.65. The molecule has 0 aliphatic rings. The summed E-state index contributed by atoms with van der Waals surface area (Å²) in [5.74, 6) is -0.570. The Morgan fingerprint density at radius 1 is 1.39 bits per heavy atom. The van der Waals surface area contributed by atoms with E-state index in [9.17, 15) is 9.18 Å². The van der Waals surface area contributed by atoms with E-state index in [1.165, 1.54) is 12.1 Å². The second-order valence-corrected chi connectivity index (χ2v) is 4.09. The highest BCUT2D eigenvalue weighted by Crippen LogP contribution is 2.14. The average Bonchev–Trinajstić information content (AvgIpc) is 2.30. The number of aromatic amines is 2. The molecule has 18 heavy (non-hydrogen) atoms. The first kappa shape index (κ1) is 12.2. The largest absolute Gasteiger partial charge is 0.336 e. The van der Waals surface area contributed by atoms with Crippen LogP contribution in [0.25, 0.3) is 0 Å². The van der Waals surface area contributed by atoms with Crippen LogP contribution in [0.1, 0.15) is 16.8 Å². The molecule has 2 rings (SSSR count). The summed E-state index contributed by atoms with van der Waals surface area (Å²) >= 11 is 4.83. The maximum atomic E-state index is 13.8. The number of nitrogens with zero attached hydrogens (tertiary/aromatic N) is 1. The summed E-state index contributed by atoms with van der Waals surface area (Å²) in [5, 5.41) is 8.73. The van der Waals surface area contributed by atoms with E-state index < -0.39 is 5.82 Å². The van der Waals surface area contributed by atoms with Gasteiger partial charge in [-0.3, -0.25) is 9.78 Å². The fourth-order valence-corrected chi connectivity index (χ4v) is 1.85. The molecule has 1 heterocycles. The molecule has 2 aromatic rings. The number of rotatable bonds is 2. The van der Waals surface area contributed by atoms with Crippen LogP contribution in [0.3, 0.4) is 0 Å². The van der Waals surface area contributed by atoms with Gasteiger partial charge in [-0.05, 0) is 23.8 Å². The third-order valence-electron chi connectivity index (χ3n) is 2.40. The van der Waals surface area contributed by atoms with Gasteiger partial charge in [0, 0.05) is 18.2 Å². The van der Waals surface area contributed by atoms with Crippen LogP contribution in [-0.2, 0) is 6.42 Å². The Morgan fingerprint density at radius 3 is 2.83 bits per heavy atom. The van der Waals surface area contributed by atoms with Crippen molar-refractivity contribution < 1.29 is 4.39 Å². The van der Waals surface area contributed by atoms with Gasteiger partial charge in [0.15, 0.2) is 4.77 Å². The van der Waals surface area contributed by atoms with Crippen molar-refractivity contribution in [3.8, 4) is 6.07 Å². The van der Waals surface area contributed by atoms with Gasteiger partial charge in [0.2, 0.25) is 0 Å². The smallest absolute Gasteiger partial charge is 0.251 e. The van der Waals surface area contributed by atoms with E-state index in [-0.39, 0.29) is 22.3 Å². The summed E-state index contributed by atoms with van der Waals surface area (Å²) in [6.07, 6.45) is 0.176. The van der Waals surface area contributed by atoms with Crippen LogP contribution >= 0.6 is 12.2 Å². The molecule has 2 N–H and O–H groups in total. The average molecular weight is 261 g/mol. The summed E-state index contributed by atoms with van der Waals surface area (Å²) in [5.41, 5.74) is 0.476. The Balaban J connectivity index is 2.44. The lowest BCUT2D eigenvalue weighted by molar-refractivity contribution is 0.609. The van der Waals surface area contributed by atoms with Gasteiger partial charge >= 0.3 is 0 Å². The molecule has 4 nitrogen and oxygen atoms in total. The van der Waals surface area contributed by atoms with Gasteiger partial charge < -0.3 is 4.98 Å². The minimum atomic E-state index is -0.570. The zero-order valence-corrected chi connectivity index (χ0v) is 9.97. The number of nitriles is 1. The van der Waals surface area contributed by atoms with E-state index in [2.05, 4.69) is 9.97 Å². The number of H-pyrrole nitrogens is 2. The minimum Gasteiger partial charge on any atom is -0.336 e. The maximum absolute atomic E-state index is 13.8. The number of halogens is 1. The molecule has 0 radical (unpaired) electrons. The van der Waals surface area contributed by atoms with Crippen molar-refractivity contribution >= 4 is 12.2 Å². The van der Waals surface area contributed by atoms with Gasteiger partial charge in [-0.25, -0.2) is 4.39 Å². The van der Waals surface area contributed by atoms with Crippen molar-refractivity contribution in [2.24, 2.45) is 0 Å². The number of benzene rings is 1. The second kappa shape index (κ2) is 4.94. The summed E-state index contributed by atoms with van der Waals surface area (Å²) in [6.45, 7) is 0. The molecule has 0 atom stereocenters. The number of hydrogen-bond donors (Lipinski definition) is 2. The van der Waals surface area contributed by atoms with E-state index in [4.69, 9.17) is 17.5 Å². The first-order valence-corrected chi connectivity index (χ1v) is 5.51. The van der Waals surface area contributed by atoms with Crippen LogP contribution in [0, 0.1) is 21.9 Å². The van der Waals surface area contributed by atoms with Crippen molar-refractivity contribution in [2.75, 3.05) is 0 Å². The SMILES string of the molecule is N#Cc1cccc(Cc2cc(=O)[nH]c(=S)[nH]2)c1F. The third kappa shape index (κ3) is 2.52. The van der Waals surface area contributed by atoms with Crippen LogP contribution < -0.4 is 5.56 Å². The molecule has 0 amide bonds. The summed E-state index contributed by atoms with van der Waals surface area (Å²) in [7, 11) is 0. The minimum absolute atomic E-state index is 0.0177. The van der Waals surface area contributed by atoms with Crippen LogP contribution in [0.2, 0.25) is 0 Å². The highest BCUT2D eigenvalue weighted by atomic mass is 32.1. The Kier molecular flexibility index (Phi) is 3.35. The fraction of sp³-hybridized carbons (Fsp3) is 0.0833. The van der Waals surface area contributed by atoms with Crippen molar-refractivity contribution in [1.82, 2.24) is 9.97 Å². The van der Waals surface area contributed by atoms with Crippen LogP contribution in [0.5, 0.6) is 0 Å². The monoisotopic (exact) mass is 261 g/mol. The van der Waals surface area contributed by atoms with Crippen LogP contribution in [-0.4, -0.2) is 9.97 Å². The predicted octanol–water partition coefficient (Wildman–Crippen LogP) is 2.03. The number of hydrogen-bond acceptors (Lipinski definition) is 3. The van der Waals surface area contributed by atoms with E-state index >= 15 is 0 Å². The van der Waals surface area contributed by atoms with Crippen molar-refractivity contribution in [3.05, 3.63) is 62.0 Å². The van der Waals surface area contributed by atoms with Crippen molar-refractivity contribution in [1.29, 1.82) is 5.26 Å². The molecule has 1 aromatic heterocycles. The van der Waals surface area contributed by atoms with Crippen molar-refractivity contribution in [3.63, 3.8) is 0 Å². The van der Waals surface area contributed by atoms with Gasteiger partial charge in [0.1, 0.15) is 11.9 Å². The molecule has 0 saturated heterocycles. The fourth-order valence-electron chi connectivity index (χ4n) is 1.62. The predicted molar refractivity (Wildman–Crippen MR) is 66.2 cm³/mol. The highest BCUT2D eigenvalue weighted by Gasteiger charge is 2.08. The topological polar surface area (TPSA) is 72.4 Å². The molecule has 0 saturated carbocycles. The molecule has 0 fully saturated rings. The molecule has 0 spiro atoms. The third-order valence-corrected chi connectivity index (χ3v) is 2.60. The number of nitrogens with one attached hydrogen (secondary N) is 2. The lowest BCUT2D eigenvalue weighted by Crippen LogP contribution is -2.09. The lowest BCUT2D eigenvalue weighted by Gasteiger charge is -2.04. The van der Waals surface area contributed by atoms with Crippen LogP contribution in [0.15, 0.2) is 29.1 Å². The second-order valence-electron chi connectivity index (χ2n) is 3.68. The summed E-state index contributed by atoms with van der Waals surface area (Å²) < 4.78 is 14.0. The van der Waals surface area contributed by atoms with Gasteiger partial charge in [0.25, 0.3) is 5.56 Å². The summed E-state index contributed by atoms with van der Waals surface area (Å²) in [4.78, 5) is 16.4. The zero-order valence-electron chi connectivity index (χ0n) is 9.16. The molecular weight excluding hydrogens is 253 g/mol.